The van der Waals surface area contributed by atoms with Crippen molar-refractivity contribution in [1.29, 1.82) is 0 Å². The number of hydrogen-bond donors (Lipinski definition) is 3. The Morgan fingerprint density at radius 2 is 2.18 bits per heavy atom. The van der Waals surface area contributed by atoms with E-state index in [4.69, 9.17) is 17.4 Å². The number of aliphatic hydroxyl groups is 1. The molecule has 0 heterocycles. The van der Waals surface area contributed by atoms with Gasteiger partial charge in [0.2, 0.25) is 0 Å². The van der Waals surface area contributed by atoms with E-state index in [2.05, 4.69) is 0 Å². The lowest BCUT2D eigenvalue weighted by molar-refractivity contribution is 0.0714. The van der Waals surface area contributed by atoms with Gasteiger partial charge >= 0.3 is 0 Å². The summed E-state index contributed by atoms with van der Waals surface area (Å²) in [6, 6.07) is 5.18. The Morgan fingerprint density at radius 1 is 1.53 bits per heavy atom. The molecule has 0 bridgehead atoms. The molecule has 1 aromatic rings. The van der Waals surface area contributed by atoms with Crippen LogP contribution in [0.1, 0.15) is 36.2 Å². The number of nitrogen functional groups attached to an aromatic ring is 1. The fourth-order valence-corrected chi connectivity index (χ4v) is 1.63. The van der Waals surface area contributed by atoms with E-state index in [-0.39, 0.29) is 0 Å². The van der Waals surface area contributed by atoms with Crippen molar-refractivity contribution in [3.05, 3.63) is 34.3 Å². The molecule has 0 aliphatic carbocycles. The van der Waals surface area contributed by atoms with Crippen LogP contribution in [-0.2, 0) is 6.42 Å². The number of nitrogens with two attached hydrogens (primary N) is 1. The molecular formula is C12H17ClN2O2. The molecule has 0 aliphatic rings. The molecule has 17 heavy (non-hydrogen) atoms. The number of benzene rings is 1. The number of halogens is 1. The van der Waals surface area contributed by atoms with Crippen molar-refractivity contribution in [3.8, 4) is 0 Å². The van der Waals surface area contributed by atoms with Crippen LogP contribution < -0.4 is 11.3 Å². The largest absolute Gasteiger partial charge is 0.390 e. The van der Waals surface area contributed by atoms with Crippen LogP contribution in [0.25, 0.3) is 0 Å². The smallest absolute Gasteiger partial charge is 0.266 e. The van der Waals surface area contributed by atoms with Crippen LogP contribution in [0.3, 0.4) is 0 Å². The SMILES string of the molecule is CC(C)(O)CCc1ccc(Cl)c(C(=O)NN)c1. The van der Waals surface area contributed by atoms with Crippen molar-refractivity contribution in [2.45, 2.75) is 32.3 Å². The quantitative estimate of drug-likeness (QED) is 0.436. The van der Waals surface area contributed by atoms with E-state index in [9.17, 15) is 9.90 Å². The number of rotatable bonds is 4. The average Bonchev–Trinajstić information content (AvgIpc) is 2.26. The van der Waals surface area contributed by atoms with E-state index in [1.807, 2.05) is 11.5 Å². The van der Waals surface area contributed by atoms with Crippen molar-refractivity contribution in [2.24, 2.45) is 5.84 Å². The van der Waals surface area contributed by atoms with Crippen LogP contribution in [-0.4, -0.2) is 16.6 Å². The van der Waals surface area contributed by atoms with E-state index in [0.717, 1.165) is 5.56 Å². The molecule has 94 valence electrons. The van der Waals surface area contributed by atoms with E-state index in [0.29, 0.717) is 23.4 Å². The second-order valence-corrected chi connectivity index (χ2v) is 5.01. The number of nitrogens with one attached hydrogen (secondary N) is 1. The Hall–Kier alpha value is -1.10. The number of carbonyl (C=O) groups excluding carboxylic acids is 1. The Morgan fingerprint density at radius 3 is 2.71 bits per heavy atom. The van der Waals surface area contributed by atoms with E-state index >= 15 is 0 Å². The highest BCUT2D eigenvalue weighted by Crippen LogP contribution is 2.20. The van der Waals surface area contributed by atoms with Crippen molar-refractivity contribution in [3.63, 3.8) is 0 Å². The van der Waals surface area contributed by atoms with Gasteiger partial charge in [0, 0.05) is 0 Å². The third-order valence-electron chi connectivity index (χ3n) is 2.43. The summed E-state index contributed by atoms with van der Waals surface area (Å²) in [6.45, 7) is 3.49. The Balaban J connectivity index is 2.86. The Bertz CT molecular complexity index is 413. The third kappa shape index (κ3) is 4.34. The molecule has 0 fully saturated rings. The second kappa shape index (κ2) is 5.49. The molecule has 5 heteroatoms. The Kier molecular flexibility index (Phi) is 4.51. The maximum atomic E-state index is 11.4. The highest BCUT2D eigenvalue weighted by molar-refractivity contribution is 6.33. The Labute approximate surface area is 106 Å². The molecule has 0 unspecified atom stereocenters. The topological polar surface area (TPSA) is 75.3 Å². The normalized spacial score (nSPS) is 11.4. The zero-order valence-corrected chi connectivity index (χ0v) is 10.7. The minimum atomic E-state index is -0.726. The first-order chi connectivity index (χ1) is 7.83. The maximum absolute atomic E-state index is 11.4. The standard InChI is InChI=1S/C12H17ClN2O2/c1-12(2,17)6-5-8-3-4-10(13)9(7-8)11(16)15-14/h3-4,7,17H,5-6,14H2,1-2H3,(H,15,16). The van der Waals surface area contributed by atoms with Crippen LogP contribution >= 0.6 is 11.6 Å². The number of carbonyl (C=O) groups is 1. The summed E-state index contributed by atoms with van der Waals surface area (Å²) < 4.78 is 0. The highest BCUT2D eigenvalue weighted by Gasteiger charge is 2.14. The fourth-order valence-electron chi connectivity index (χ4n) is 1.43. The van der Waals surface area contributed by atoms with Gasteiger partial charge in [-0.3, -0.25) is 10.2 Å². The summed E-state index contributed by atoms with van der Waals surface area (Å²) >= 11 is 5.89. The molecule has 0 aliphatic heterocycles. The van der Waals surface area contributed by atoms with Crippen molar-refractivity contribution in [2.75, 3.05) is 0 Å². The molecule has 4 N–H and O–H groups in total. The first-order valence-electron chi connectivity index (χ1n) is 5.35. The molecule has 0 saturated carbocycles. The molecule has 0 radical (unpaired) electrons. The first-order valence-corrected chi connectivity index (χ1v) is 5.73. The summed E-state index contributed by atoms with van der Waals surface area (Å²) in [4.78, 5) is 11.4. The fraction of sp³-hybridized carbons (Fsp3) is 0.417. The van der Waals surface area contributed by atoms with Gasteiger partial charge < -0.3 is 5.11 Å². The zero-order valence-electron chi connectivity index (χ0n) is 9.96. The number of hydrazine groups is 1. The lowest BCUT2D eigenvalue weighted by Gasteiger charge is -2.17. The lowest BCUT2D eigenvalue weighted by atomic mass is 9.98. The van der Waals surface area contributed by atoms with E-state index in [1.165, 1.54) is 0 Å². The van der Waals surface area contributed by atoms with E-state index in [1.54, 1.807) is 26.0 Å². The van der Waals surface area contributed by atoms with Crippen molar-refractivity contribution >= 4 is 17.5 Å². The molecule has 1 amide bonds. The minimum Gasteiger partial charge on any atom is -0.390 e. The van der Waals surface area contributed by atoms with Gasteiger partial charge in [0.15, 0.2) is 0 Å². The molecule has 4 nitrogen and oxygen atoms in total. The summed E-state index contributed by atoms with van der Waals surface area (Å²) in [5.41, 5.74) is 2.61. The number of amides is 1. The lowest BCUT2D eigenvalue weighted by Crippen LogP contribution is -2.30. The van der Waals surface area contributed by atoms with Crippen LogP contribution in [0.2, 0.25) is 5.02 Å². The predicted octanol–water partition coefficient (Wildman–Crippen LogP) is 1.65. The molecule has 1 rings (SSSR count). The van der Waals surface area contributed by atoms with Gasteiger partial charge in [0.1, 0.15) is 0 Å². The molecule has 1 aromatic carbocycles. The third-order valence-corrected chi connectivity index (χ3v) is 2.76. The van der Waals surface area contributed by atoms with Gasteiger partial charge in [-0.1, -0.05) is 17.7 Å². The highest BCUT2D eigenvalue weighted by atomic mass is 35.5. The molecule has 0 atom stereocenters. The zero-order chi connectivity index (χ0) is 13.1. The molecular weight excluding hydrogens is 240 g/mol. The van der Waals surface area contributed by atoms with Crippen molar-refractivity contribution < 1.29 is 9.90 Å². The molecule has 0 spiro atoms. The number of hydrogen-bond acceptors (Lipinski definition) is 3. The second-order valence-electron chi connectivity index (χ2n) is 4.60. The molecule has 0 aromatic heterocycles. The van der Waals surface area contributed by atoms with Gasteiger partial charge in [0.05, 0.1) is 16.2 Å². The average molecular weight is 257 g/mol. The monoisotopic (exact) mass is 256 g/mol. The van der Waals surface area contributed by atoms with Gasteiger partial charge in [0.25, 0.3) is 5.91 Å². The van der Waals surface area contributed by atoms with Crippen LogP contribution in [0.5, 0.6) is 0 Å². The minimum absolute atomic E-state index is 0.349. The van der Waals surface area contributed by atoms with E-state index < -0.39 is 11.5 Å². The van der Waals surface area contributed by atoms with Gasteiger partial charge in [-0.2, -0.15) is 0 Å². The van der Waals surface area contributed by atoms with Crippen LogP contribution in [0.4, 0.5) is 0 Å². The van der Waals surface area contributed by atoms with Crippen molar-refractivity contribution in [1.82, 2.24) is 5.43 Å². The molecule has 0 saturated heterocycles. The maximum Gasteiger partial charge on any atom is 0.266 e. The summed E-state index contributed by atoms with van der Waals surface area (Å²) in [7, 11) is 0. The van der Waals surface area contributed by atoms with Gasteiger partial charge in [-0.15, -0.1) is 0 Å². The summed E-state index contributed by atoms with van der Waals surface area (Å²) in [5, 5.41) is 9.99. The van der Waals surface area contributed by atoms with Crippen LogP contribution in [0, 0.1) is 0 Å². The van der Waals surface area contributed by atoms with Gasteiger partial charge in [-0.25, -0.2) is 5.84 Å². The predicted molar refractivity (Wildman–Crippen MR) is 67.7 cm³/mol. The van der Waals surface area contributed by atoms with Crippen LogP contribution in [0.15, 0.2) is 18.2 Å². The summed E-state index contributed by atoms with van der Waals surface area (Å²) in [6.07, 6.45) is 1.28. The number of aryl methyl sites for hydroxylation is 1. The summed E-state index contributed by atoms with van der Waals surface area (Å²) in [5.74, 6) is 4.65. The van der Waals surface area contributed by atoms with Gasteiger partial charge in [-0.05, 0) is 44.4 Å². The first kappa shape index (κ1) is 14.0.